The van der Waals surface area contributed by atoms with E-state index in [2.05, 4.69) is 43.7 Å². The monoisotopic (exact) mass is 691 g/mol. The van der Waals surface area contributed by atoms with E-state index in [1.165, 1.54) is 28.8 Å². The normalized spacial score (nSPS) is 20.0. The van der Waals surface area contributed by atoms with Gasteiger partial charge in [0.1, 0.15) is 29.7 Å². The van der Waals surface area contributed by atoms with Crippen molar-refractivity contribution >= 4 is 39.6 Å². The van der Waals surface area contributed by atoms with Gasteiger partial charge in [-0.15, -0.1) is 0 Å². The zero-order chi connectivity index (χ0) is 35.6. The first-order valence-corrected chi connectivity index (χ1v) is 18.0. The third-order valence-electron chi connectivity index (χ3n) is 9.59. The largest absolute Gasteiger partial charge is 0.478 e. The van der Waals surface area contributed by atoms with Crippen LogP contribution in [0, 0.1) is 5.82 Å². The molecule has 260 valence electrons. The smallest absolute Gasteiger partial charge is 0.340 e. The summed E-state index contributed by atoms with van der Waals surface area (Å²) in [7, 11) is 4.44. The molecule has 1 saturated carbocycles. The lowest BCUT2D eigenvalue weighted by Crippen LogP contribution is -2.58. The van der Waals surface area contributed by atoms with E-state index in [0.717, 1.165) is 25.7 Å². The first kappa shape index (κ1) is 36.1. The second-order valence-corrected chi connectivity index (χ2v) is 15.1. The highest BCUT2D eigenvalue weighted by Crippen LogP contribution is 2.44. The molecule has 3 atom stereocenters. The zero-order valence-electron chi connectivity index (χ0n) is 28.7. The Kier molecular flexibility index (Phi) is 10.5. The Bertz CT molecular complexity index is 1890. The van der Waals surface area contributed by atoms with Crippen molar-refractivity contribution in [3.05, 3.63) is 96.1 Å². The fraction of sp³-hybridized carbons (Fsp3) is 0.378. The number of carbonyl (C=O) groups is 2. The van der Waals surface area contributed by atoms with Crippen molar-refractivity contribution in [3.8, 4) is 11.3 Å². The Labute approximate surface area is 289 Å². The van der Waals surface area contributed by atoms with Crippen LogP contribution in [0.4, 0.5) is 10.1 Å². The maximum absolute atomic E-state index is 13.8. The number of aromatic nitrogens is 2. The summed E-state index contributed by atoms with van der Waals surface area (Å²) >= 11 is 0. The molecule has 2 aliphatic rings. The zero-order valence-corrected chi connectivity index (χ0v) is 29.5. The fourth-order valence-electron chi connectivity index (χ4n) is 6.67. The predicted molar refractivity (Wildman–Crippen MR) is 192 cm³/mol. The number of benzene rings is 1. The third kappa shape index (κ3) is 7.37. The minimum absolute atomic E-state index is 0.0582. The average molecular weight is 692 g/mol. The number of likely N-dealkylation sites (N-methyl/N-ethyl adjacent to an activating group) is 2. The molecule has 3 unspecified atom stereocenters. The van der Waals surface area contributed by atoms with E-state index in [1.807, 2.05) is 30.4 Å². The first-order chi connectivity index (χ1) is 23.3. The second-order valence-electron chi connectivity index (χ2n) is 13.5. The molecular formula is C37H46FN5O5S+2. The predicted octanol–water partition coefficient (Wildman–Crippen LogP) is 5.37. The average Bonchev–Trinajstić information content (AvgIpc) is 3.71. The molecule has 0 saturated heterocycles. The number of carboxylic acids is 1. The Hall–Kier alpha value is -4.23. The summed E-state index contributed by atoms with van der Waals surface area (Å²) in [5.74, 6) is -1.81. The Balaban J connectivity index is 1.65. The van der Waals surface area contributed by atoms with E-state index >= 15 is 0 Å². The molecule has 1 fully saturated rings. The van der Waals surface area contributed by atoms with Crippen LogP contribution in [0.1, 0.15) is 54.9 Å². The van der Waals surface area contributed by atoms with E-state index in [1.54, 1.807) is 25.6 Å². The van der Waals surface area contributed by atoms with Gasteiger partial charge in [-0.1, -0.05) is 37.6 Å². The third-order valence-corrected chi connectivity index (χ3v) is 11.1. The number of aliphatic hydroxyl groups is 1. The highest BCUT2D eigenvalue weighted by atomic mass is 32.2. The number of carbonyl (C=O) groups excluding carboxylic acids is 1. The minimum Gasteiger partial charge on any atom is -0.478 e. The summed E-state index contributed by atoms with van der Waals surface area (Å²) in [6.45, 7) is 1.90. The Morgan fingerprint density at radius 2 is 1.94 bits per heavy atom. The molecule has 3 N–H and O–H groups in total. The molecule has 3 aromatic rings. The molecule has 49 heavy (non-hydrogen) atoms. The SMILES string of the molecule is CCCC=CC(=CCC(=O)NC1(C2C=CC=C[N+]2(C)C)CC1)c1cc2c(C(=O)O)c(-c3ccc(F)cc3)nn2cc1[N+](C)(CCO)S(C)=O. The van der Waals surface area contributed by atoms with Gasteiger partial charge in [-0.3, -0.25) is 9.28 Å². The molecule has 1 aliphatic carbocycles. The number of fused-ring (bicyclic) bond motifs is 1. The van der Waals surface area contributed by atoms with Crippen LogP contribution in [-0.4, -0.2) is 92.5 Å². The molecular weight excluding hydrogens is 646 g/mol. The number of hydrogen-bond donors (Lipinski definition) is 3. The van der Waals surface area contributed by atoms with Gasteiger partial charge in [0.25, 0.3) is 0 Å². The lowest BCUT2D eigenvalue weighted by molar-refractivity contribution is -0.862. The summed E-state index contributed by atoms with van der Waals surface area (Å²) in [6.07, 6.45) is 20.7. The van der Waals surface area contributed by atoms with Crippen molar-refractivity contribution in [2.24, 2.45) is 0 Å². The van der Waals surface area contributed by atoms with E-state index in [-0.39, 0.29) is 57.7 Å². The van der Waals surface area contributed by atoms with E-state index < -0.39 is 22.8 Å². The van der Waals surface area contributed by atoms with Gasteiger partial charge in [0.15, 0.2) is 5.69 Å². The summed E-state index contributed by atoms with van der Waals surface area (Å²) < 4.78 is 29.0. The summed E-state index contributed by atoms with van der Waals surface area (Å²) in [4.78, 5) is 26.4. The van der Waals surface area contributed by atoms with Crippen LogP contribution in [0.5, 0.6) is 0 Å². The molecule has 0 radical (unpaired) electrons. The lowest BCUT2D eigenvalue weighted by Gasteiger charge is -2.39. The Morgan fingerprint density at radius 1 is 1.22 bits per heavy atom. The van der Waals surface area contributed by atoms with Gasteiger partial charge in [-0.25, -0.2) is 17.6 Å². The van der Waals surface area contributed by atoms with Crippen molar-refractivity contribution in [1.29, 1.82) is 0 Å². The fourth-order valence-corrected chi connectivity index (χ4v) is 7.43. The van der Waals surface area contributed by atoms with E-state index in [9.17, 15) is 28.4 Å². The van der Waals surface area contributed by atoms with Crippen LogP contribution >= 0.6 is 0 Å². The number of hydrogen-bond acceptors (Lipinski definition) is 5. The van der Waals surface area contributed by atoms with E-state index in [4.69, 9.17) is 0 Å². The molecule has 2 aromatic heterocycles. The van der Waals surface area contributed by atoms with Crippen molar-refractivity contribution in [1.82, 2.24) is 18.8 Å². The van der Waals surface area contributed by atoms with Gasteiger partial charge in [0.05, 0.1) is 57.5 Å². The summed E-state index contributed by atoms with van der Waals surface area (Å²) in [5.41, 5.74) is 2.17. The van der Waals surface area contributed by atoms with Crippen LogP contribution in [0.15, 0.2) is 79.2 Å². The van der Waals surface area contributed by atoms with Crippen molar-refractivity contribution in [3.63, 3.8) is 0 Å². The highest BCUT2D eigenvalue weighted by Gasteiger charge is 2.56. The van der Waals surface area contributed by atoms with Crippen LogP contribution in [0.2, 0.25) is 0 Å². The molecule has 0 spiro atoms. The quantitative estimate of drug-likeness (QED) is 0.155. The summed E-state index contributed by atoms with van der Waals surface area (Å²) in [6, 6.07) is 7.24. The topological polar surface area (TPSA) is 121 Å². The number of allylic oxidation sites excluding steroid dienone is 5. The number of pyridine rings is 1. The summed E-state index contributed by atoms with van der Waals surface area (Å²) in [5, 5.41) is 28.4. The molecule has 1 aliphatic heterocycles. The van der Waals surface area contributed by atoms with E-state index in [0.29, 0.717) is 26.9 Å². The number of aromatic carboxylic acids is 1. The second kappa shape index (κ2) is 14.3. The molecule has 3 heterocycles. The number of aliphatic hydroxyl groups excluding tert-OH is 1. The lowest BCUT2D eigenvalue weighted by atomic mass is 9.98. The molecule has 1 aromatic carbocycles. The molecule has 12 heteroatoms. The number of rotatable bonds is 14. The van der Waals surface area contributed by atoms with Crippen LogP contribution < -0.4 is 9.21 Å². The number of amides is 1. The van der Waals surface area contributed by atoms with Crippen molar-refractivity contribution in [2.75, 3.05) is 40.6 Å². The van der Waals surface area contributed by atoms with Crippen LogP contribution in [-0.2, 0) is 15.8 Å². The number of carboxylic acid groups (broad SMARTS) is 1. The highest BCUT2D eigenvalue weighted by molar-refractivity contribution is 7.83. The molecule has 0 bridgehead atoms. The first-order valence-electron chi connectivity index (χ1n) is 16.5. The van der Waals surface area contributed by atoms with Crippen molar-refractivity contribution in [2.45, 2.75) is 50.6 Å². The van der Waals surface area contributed by atoms with Crippen molar-refractivity contribution < 1.29 is 32.9 Å². The van der Waals surface area contributed by atoms with Gasteiger partial charge in [0, 0.05) is 17.5 Å². The van der Waals surface area contributed by atoms with Crippen LogP contribution in [0.3, 0.4) is 0 Å². The maximum Gasteiger partial charge on any atom is 0.340 e. The van der Waals surface area contributed by atoms with Gasteiger partial charge in [0.2, 0.25) is 16.9 Å². The number of nitrogens with zero attached hydrogens (tertiary/aromatic N) is 4. The maximum atomic E-state index is 13.8. The van der Waals surface area contributed by atoms with Gasteiger partial charge >= 0.3 is 5.97 Å². The van der Waals surface area contributed by atoms with Gasteiger partial charge in [-0.05, 0) is 67.3 Å². The van der Waals surface area contributed by atoms with Gasteiger partial charge < -0.3 is 15.5 Å². The Morgan fingerprint density at radius 3 is 2.53 bits per heavy atom. The number of unbranched alkanes of at least 4 members (excludes halogenated alkanes) is 1. The molecule has 1 amide bonds. The van der Waals surface area contributed by atoms with Gasteiger partial charge in [-0.2, -0.15) is 9.31 Å². The minimum atomic E-state index is -1.54. The number of quaternary nitrogens is 2. The standard InChI is InChI=1S/C37H44FN5O5S/c1-6-7-8-11-26(15-18-33(45)39-37(19-20-37)32-12-9-10-21-42(32,2)3)29-24-30-34(36(46)47)35(27-13-16-28(38)17-14-27)40-41(30)25-31(29)43(4,22-23-44)49(5)48/h8-17,21,24-25,32,44H,6-7,18-20,22-23H2,1-5H3/p+2. The number of nitrogens with one attached hydrogen (secondary N) is 1. The molecule has 5 rings (SSSR count). The van der Waals surface area contributed by atoms with Crippen LogP contribution in [0.25, 0.3) is 22.3 Å². The molecule has 10 nitrogen and oxygen atoms in total. The number of halogens is 1.